The van der Waals surface area contributed by atoms with E-state index in [-0.39, 0.29) is 24.8 Å². The molecule has 0 aliphatic carbocycles. The molecule has 156 valence electrons. The Morgan fingerprint density at radius 1 is 0.931 bits per heavy atom. The molecule has 0 radical (unpaired) electrons. The number of hydrogen-bond acceptors (Lipinski definition) is 4. The molecule has 3 aromatic rings. The minimum Gasteiger partial charge on any atom is -0.493 e. The van der Waals surface area contributed by atoms with Crippen LogP contribution in [0, 0.1) is 0 Å². The van der Waals surface area contributed by atoms with Crippen LogP contribution >= 0.6 is 48.0 Å². The smallest absolute Gasteiger partial charge is 0.180 e. The molecule has 1 aromatic heterocycles. The van der Waals surface area contributed by atoms with Gasteiger partial charge in [-0.05, 0) is 47.0 Å². The normalized spacial score (nSPS) is 9.90. The largest absolute Gasteiger partial charge is 0.493 e. The van der Waals surface area contributed by atoms with Gasteiger partial charge >= 0.3 is 0 Å². The lowest BCUT2D eigenvalue weighted by Crippen LogP contribution is -2.13. The molecule has 0 unspecified atom stereocenters. The van der Waals surface area contributed by atoms with Gasteiger partial charge in [-0.3, -0.25) is 4.98 Å². The Morgan fingerprint density at radius 3 is 2.31 bits per heavy atom. The topological polar surface area (TPSA) is 43.4 Å². The fraction of sp³-hybridized carbons (Fsp3) is 0.190. The average molecular weight is 476 g/mol. The molecule has 0 fully saturated rings. The monoisotopic (exact) mass is 474 g/mol. The fourth-order valence-electron chi connectivity index (χ4n) is 2.61. The van der Waals surface area contributed by atoms with Crippen LogP contribution in [0.1, 0.15) is 16.7 Å². The summed E-state index contributed by atoms with van der Waals surface area (Å²) < 4.78 is 11.4. The fourth-order valence-corrected chi connectivity index (χ4v) is 3.02. The maximum absolute atomic E-state index is 6.44. The molecule has 4 nitrogen and oxygen atoms in total. The number of rotatable bonds is 8. The highest BCUT2D eigenvalue weighted by Crippen LogP contribution is 2.37. The van der Waals surface area contributed by atoms with Crippen LogP contribution in [-0.4, -0.2) is 12.1 Å². The van der Waals surface area contributed by atoms with Gasteiger partial charge in [-0.1, -0.05) is 41.4 Å². The van der Waals surface area contributed by atoms with Crippen molar-refractivity contribution in [3.8, 4) is 11.5 Å². The van der Waals surface area contributed by atoms with Gasteiger partial charge in [-0.2, -0.15) is 0 Å². The highest BCUT2D eigenvalue weighted by molar-refractivity contribution is 6.32. The molecule has 29 heavy (non-hydrogen) atoms. The van der Waals surface area contributed by atoms with Gasteiger partial charge in [0.15, 0.2) is 11.5 Å². The minimum absolute atomic E-state index is 0. The van der Waals surface area contributed by atoms with E-state index in [0.717, 1.165) is 23.2 Å². The Balaban J connectivity index is 0.00000210. The second kappa shape index (κ2) is 12.8. The highest BCUT2D eigenvalue weighted by Gasteiger charge is 2.12. The van der Waals surface area contributed by atoms with E-state index in [1.807, 2.05) is 54.7 Å². The number of ether oxygens (including phenoxy) is 2. The summed E-state index contributed by atoms with van der Waals surface area (Å²) in [5, 5.41) is 4.58. The van der Waals surface area contributed by atoms with Gasteiger partial charge in [-0.15, -0.1) is 24.8 Å². The third-order valence-electron chi connectivity index (χ3n) is 3.97. The second-order valence-electron chi connectivity index (χ2n) is 5.99. The summed E-state index contributed by atoms with van der Waals surface area (Å²) in [4.78, 5) is 4.11. The van der Waals surface area contributed by atoms with Gasteiger partial charge in [0.2, 0.25) is 0 Å². The van der Waals surface area contributed by atoms with Crippen LogP contribution in [0.3, 0.4) is 0 Å². The predicted molar refractivity (Wildman–Crippen MR) is 123 cm³/mol. The molecule has 0 saturated carbocycles. The van der Waals surface area contributed by atoms with Gasteiger partial charge in [0, 0.05) is 30.5 Å². The van der Waals surface area contributed by atoms with Crippen LogP contribution in [0.4, 0.5) is 0 Å². The molecule has 0 bridgehead atoms. The van der Waals surface area contributed by atoms with Crippen LogP contribution in [0.2, 0.25) is 10.0 Å². The predicted octanol–water partition coefficient (Wildman–Crippen LogP) is 6.11. The summed E-state index contributed by atoms with van der Waals surface area (Å²) in [6.07, 6.45) is 3.60. The van der Waals surface area contributed by atoms with Crippen LogP contribution in [0.5, 0.6) is 11.5 Å². The quantitative estimate of drug-likeness (QED) is 0.426. The van der Waals surface area contributed by atoms with Crippen molar-refractivity contribution in [3.05, 3.63) is 87.7 Å². The number of nitrogens with one attached hydrogen (secondary N) is 1. The molecule has 0 saturated heterocycles. The maximum Gasteiger partial charge on any atom is 0.180 e. The summed E-state index contributed by atoms with van der Waals surface area (Å²) >= 11 is 12.3. The van der Waals surface area contributed by atoms with Crippen molar-refractivity contribution in [1.82, 2.24) is 10.3 Å². The van der Waals surface area contributed by atoms with Crippen molar-refractivity contribution in [1.29, 1.82) is 0 Å². The number of nitrogens with zero attached hydrogens (tertiary/aromatic N) is 1. The number of methoxy groups -OCH3 is 1. The van der Waals surface area contributed by atoms with Crippen LogP contribution in [0.25, 0.3) is 0 Å². The zero-order valence-corrected chi connectivity index (χ0v) is 18.9. The molecule has 1 N–H and O–H groups in total. The molecular formula is C21H22Cl4N2O2. The summed E-state index contributed by atoms with van der Waals surface area (Å²) in [6.45, 7) is 1.76. The summed E-state index contributed by atoms with van der Waals surface area (Å²) in [6, 6.07) is 15.3. The zero-order chi connectivity index (χ0) is 19.1. The molecule has 8 heteroatoms. The Labute approximate surface area is 193 Å². The molecule has 2 aromatic carbocycles. The van der Waals surface area contributed by atoms with Gasteiger partial charge in [0.05, 0.1) is 12.1 Å². The van der Waals surface area contributed by atoms with E-state index in [9.17, 15) is 0 Å². The Bertz CT molecular complexity index is 878. The first kappa shape index (κ1) is 25.3. The Kier molecular flexibility index (Phi) is 11.2. The van der Waals surface area contributed by atoms with Gasteiger partial charge in [-0.25, -0.2) is 0 Å². The molecule has 0 aliphatic heterocycles. The van der Waals surface area contributed by atoms with Crippen molar-refractivity contribution < 1.29 is 9.47 Å². The average Bonchev–Trinajstić information content (AvgIpc) is 2.69. The number of hydrogen-bond donors (Lipinski definition) is 1. The molecule has 0 aliphatic rings. The standard InChI is InChI=1S/C21H20Cl2N2O2.2ClH/c1-26-20-10-17(13-25-12-16-3-2-8-24-11-16)9-19(23)21(20)27-14-15-4-6-18(22)7-5-15;;/h2-11,25H,12-14H2,1H3;2*1H. The molecule has 0 spiro atoms. The van der Waals surface area contributed by atoms with Gasteiger partial charge in [0.25, 0.3) is 0 Å². The minimum atomic E-state index is 0. The zero-order valence-electron chi connectivity index (χ0n) is 15.7. The van der Waals surface area contributed by atoms with E-state index in [0.29, 0.717) is 34.7 Å². The lowest BCUT2D eigenvalue weighted by atomic mass is 10.2. The van der Waals surface area contributed by atoms with Crippen LogP contribution < -0.4 is 14.8 Å². The van der Waals surface area contributed by atoms with Crippen molar-refractivity contribution >= 4 is 48.0 Å². The third-order valence-corrected chi connectivity index (χ3v) is 4.50. The lowest BCUT2D eigenvalue weighted by Gasteiger charge is -2.15. The van der Waals surface area contributed by atoms with E-state index in [2.05, 4.69) is 10.3 Å². The first-order valence-electron chi connectivity index (χ1n) is 8.49. The van der Waals surface area contributed by atoms with E-state index in [4.69, 9.17) is 32.7 Å². The molecule has 0 atom stereocenters. The highest BCUT2D eigenvalue weighted by atomic mass is 35.5. The third kappa shape index (κ3) is 7.57. The number of benzene rings is 2. The lowest BCUT2D eigenvalue weighted by molar-refractivity contribution is 0.284. The summed E-state index contributed by atoms with van der Waals surface area (Å²) in [7, 11) is 1.60. The SMILES string of the molecule is COc1cc(CNCc2cccnc2)cc(Cl)c1OCc1ccc(Cl)cc1.Cl.Cl. The first-order valence-corrected chi connectivity index (χ1v) is 9.24. The number of pyridine rings is 1. The Hall–Kier alpha value is -1.69. The van der Waals surface area contributed by atoms with E-state index >= 15 is 0 Å². The van der Waals surface area contributed by atoms with Crippen molar-refractivity contribution in [2.75, 3.05) is 7.11 Å². The van der Waals surface area contributed by atoms with E-state index in [1.165, 1.54) is 0 Å². The second-order valence-corrected chi connectivity index (χ2v) is 6.83. The summed E-state index contributed by atoms with van der Waals surface area (Å²) in [5.74, 6) is 1.14. The maximum atomic E-state index is 6.44. The Morgan fingerprint density at radius 2 is 1.66 bits per heavy atom. The van der Waals surface area contributed by atoms with E-state index < -0.39 is 0 Å². The first-order chi connectivity index (χ1) is 13.2. The van der Waals surface area contributed by atoms with Gasteiger partial charge in [0.1, 0.15) is 6.61 Å². The molecule has 0 amide bonds. The van der Waals surface area contributed by atoms with E-state index in [1.54, 1.807) is 13.3 Å². The molecule has 1 heterocycles. The van der Waals surface area contributed by atoms with Gasteiger partial charge < -0.3 is 14.8 Å². The van der Waals surface area contributed by atoms with Crippen molar-refractivity contribution in [3.63, 3.8) is 0 Å². The van der Waals surface area contributed by atoms with Crippen LogP contribution in [0.15, 0.2) is 60.9 Å². The van der Waals surface area contributed by atoms with Crippen molar-refractivity contribution in [2.45, 2.75) is 19.7 Å². The van der Waals surface area contributed by atoms with Crippen molar-refractivity contribution in [2.24, 2.45) is 0 Å². The number of halogens is 4. The number of aromatic nitrogens is 1. The molecular weight excluding hydrogens is 454 g/mol. The molecule has 3 rings (SSSR count). The summed E-state index contributed by atoms with van der Waals surface area (Å²) in [5.41, 5.74) is 3.14. The van der Waals surface area contributed by atoms with Crippen LogP contribution in [-0.2, 0) is 19.7 Å².